The number of para-hydroxylation sites is 2. The number of halogens is 1. The van der Waals surface area contributed by atoms with Crippen molar-refractivity contribution in [2.45, 2.75) is 6.61 Å². The number of carboxylic acid groups (broad SMARTS) is 1. The Kier molecular flexibility index (Phi) is 7.99. The number of nitrogens with one attached hydrogen (secondary N) is 1. The molecule has 158 valence electrons. The highest BCUT2D eigenvalue weighted by molar-refractivity contribution is 14.1. The standard InChI is InChI=1S/C23H19IN2O5/c24-19-6-2-4-8-21(19)31-15-22(27)26-25-13-18-5-1-3-7-20(18)30-14-16-9-11-17(12-10-16)23(28)29/h1-13H,14-15H2,(H,26,27)(H,28,29)/b25-13+. The van der Waals surface area contributed by atoms with Gasteiger partial charge in [0, 0.05) is 5.56 Å². The van der Waals surface area contributed by atoms with Crippen LogP contribution >= 0.6 is 22.6 Å². The highest BCUT2D eigenvalue weighted by Crippen LogP contribution is 2.19. The van der Waals surface area contributed by atoms with E-state index in [0.29, 0.717) is 17.1 Å². The first-order valence-corrected chi connectivity index (χ1v) is 10.3. The lowest BCUT2D eigenvalue weighted by Crippen LogP contribution is -2.24. The predicted molar refractivity (Wildman–Crippen MR) is 125 cm³/mol. The fourth-order valence-electron chi connectivity index (χ4n) is 2.53. The molecule has 0 atom stereocenters. The Labute approximate surface area is 192 Å². The molecule has 0 aliphatic heterocycles. The topological polar surface area (TPSA) is 97.2 Å². The van der Waals surface area contributed by atoms with E-state index in [9.17, 15) is 9.59 Å². The number of ether oxygens (including phenoxy) is 2. The minimum absolute atomic E-state index is 0.151. The molecule has 3 rings (SSSR count). The van der Waals surface area contributed by atoms with Crippen molar-refractivity contribution in [3.63, 3.8) is 0 Å². The summed E-state index contributed by atoms with van der Waals surface area (Å²) in [6.07, 6.45) is 1.49. The molecule has 0 spiro atoms. The lowest BCUT2D eigenvalue weighted by Gasteiger charge is -2.09. The smallest absolute Gasteiger partial charge is 0.335 e. The summed E-state index contributed by atoms with van der Waals surface area (Å²) in [4.78, 5) is 22.9. The lowest BCUT2D eigenvalue weighted by atomic mass is 10.1. The number of carbonyl (C=O) groups excluding carboxylic acids is 1. The molecular weight excluding hydrogens is 511 g/mol. The van der Waals surface area contributed by atoms with E-state index in [1.165, 1.54) is 18.3 Å². The van der Waals surface area contributed by atoms with Gasteiger partial charge < -0.3 is 14.6 Å². The van der Waals surface area contributed by atoms with Gasteiger partial charge >= 0.3 is 5.97 Å². The van der Waals surface area contributed by atoms with Crippen LogP contribution in [0.25, 0.3) is 0 Å². The van der Waals surface area contributed by atoms with E-state index in [2.05, 4.69) is 33.1 Å². The minimum Gasteiger partial charge on any atom is -0.488 e. The van der Waals surface area contributed by atoms with Crippen molar-refractivity contribution < 1.29 is 24.2 Å². The van der Waals surface area contributed by atoms with Crippen LogP contribution in [0.15, 0.2) is 77.9 Å². The highest BCUT2D eigenvalue weighted by Gasteiger charge is 2.06. The fourth-order valence-corrected chi connectivity index (χ4v) is 3.08. The van der Waals surface area contributed by atoms with Gasteiger partial charge in [0.2, 0.25) is 0 Å². The van der Waals surface area contributed by atoms with Crippen molar-refractivity contribution in [2.24, 2.45) is 5.10 Å². The summed E-state index contributed by atoms with van der Waals surface area (Å²) in [7, 11) is 0. The summed E-state index contributed by atoms with van der Waals surface area (Å²) in [6.45, 7) is 0.114. The van der Waals surface area contributed by atoms with Crippen molar-refractivity contribution in [3.05, 3.63) is 93.1 Å². The molecule has 0 saturated carbocycles. The van der Waals surface area contributed by atoms with Gasteiger partial charge in [-0.2, -0.15) is 5.10 Å². The third kappa shape index (κ3) is 6.82. The molecule has 0 aromatic heterocycles. The minimum atomic E-state index is -0.972. The van der Waals surface area contributed by atoms with Crippen LogP contribution in [0.2, 0.25) is 0 Å². The van der Waals surface area contributed by atoms with Crippen LogP contribution in [-0.2, 0) is 11.4 Å². The van der Waals surface area contributed by atoms with E-state index in [1.807, 2.05) is 30.3 Å². The Morgan fingerprint density at radius 2 is 1.61 bits per heavy atom. The van der Waals surface area contributed by atoms with Gasteiger partial charge in [-0.05, 0) is 64.6 Å². The average molecular weight is 530 g/mol. The maximum absolute atomic E-state index is 12.0. The second-order valence-electron chi connectivity index (χ2n) is 6.34. The molecule has 7 nitrogen and oxygen atoms in total. The molecule has 0 bridgehead atoms. The molecule has 0 radical (unpaired) electrons. The molecule has 3 aromatic carbocycles. The summed E-state index contributed by atoms with van der Waals surface area (Å²) in [5.74, 6) is -0.136. The first-order valence-electron chi connectivity index (χ1n) is 9.26. The number of hydrogen-bond acceptors (Lipinski definition) is 5. The molecule has 0 aliphatic rings. The van der Waals surface area contributed by atoms with E-state index >= 15 is 0 Å². The van der Waals surface area contributed by atoms with E-state index in [4.69, 9.17) is 14.6 Å². The lowest BCUT2D eigenvalue weighted by molar-refractivity contribution is -0.123. The van der Waals surface area contributed by atoms with Crippen LogP contribution in [-0.4, -0.2) is 29.8 Å². The molecule has 0 fully saturated rings. The summed E-state index contributed by atoms with van der Waals surface area (Å²) in [5, 5.41) is 12.9. The van der Waals surface area contributed by atoms with E-state index < -0.39 is 5.97 Å². The molecule has 0 aliphatic carbocycles. The van der Waals surface area contributed by atoms with Crippen LogP contribution in [0.4, 0.5) is 0 Å². The number of hydrazone groups is 1. The van der Waals surface area contributed by atoms with E-state index in [-0.39, 0.29) is 24.7 Å². The zero-order chi connectivity index (χ0) is 22.1. The number of hydrogen-bond donors (Lipinski definition) is 2. The molecule has 0 unspecified atom stereocenters. The van der Waals surface area contributed by atoms with Gasteiger partial charge in [0.05, 0.1) is 15.3 Å². The maximum Gasteiger partial charge on any atom is 0.335 e. The zero-order valence-electron chi connectivity index (χ0n) is 16.3. The molecule has 3 aromatic rings. The number of amides is 1. The third-order valence-corrected chi connectivity index (χ3v) is 4.99. The van der Waals surface area contributed by atoms with E-state index in [1.54, 1.807) is 30.3 Å². The average Bonchev–Trinajstić information content (AvgIpc) is 2.78. The monoisotopic (exact) mass is 530 g/mol. The number of benzene rings is 3. The Bertz CT molecular complexity index is 1080. The van der Waals surface area contributed by atoms with Crippen molar-refractivity contribution >= 4 is 40.7 Å². The third-order valence-electron chi connectivity index (χ3n) is 4.10. The number of aromatic carboxylic acids is 1. The molecule has 31 heavy (non-hydrogen) atoms. The second-order valence-corrected chi connectivity index (χ2v) is 7.50. The second kappa shape index (κ2) is 11.1. The molecule has 0 heterocycles. The van der Waals surface area contributed by atoms with Crippen LogP contribution in [0.5, 0.6) is 11.5 Å². The summed E-state index contributed by atoms with van der Waals surface area (Å²) in [6, 6.07) is 21.1. The van der Waals surface area contributed by atoms with Gasteiger partial charge in [0.25, 0.3) is 5.91 Å². The summed E-state index contributed by atoms with van der Waals surface area (Å²) >= 11 is 2.14. The fraction of sp³-hybridized carbons (Fsp3) is 0.0870. The van der Waals surface area contributed by atoms with Crippen LogP contribution in [0, 0.1) is 3.57 Å². The molecule has 1 amide bonds. The van der Waals surface area contributed by atoms with Crippen molar-refractivity contribution in [1.82, 2.24) is 5.43 Å². The summed E-state index contributed by atoms with van der Waals surface area (Å²) < 4.78 is 12.2. The predicted octanol–water partition coefficient (Wildman–Crippen LogP) is 4.10. The zero-order valence-corrected chi connectivity index (χ0v) is 18.5. The Morgan fingerprint density at radius 1 is 0.935 bits per heavy atom. The van der Waals surface area contributed by atoms with Crippen LogP contribution in [0.3, 0.4) is 0 Å². The first kappa shape index (κ1) is 22.3. The number of nitrogens with zero attached hydrogens (tertiary/aromatic N) is 1. The Balaban J connectivity index is 1.53. The van der Waals surface area contributed by atoms with Crippen molar-refractivity contribution in [3.8, 4) is 11.5 Å². The van der Waals surface area contributed by atoms with Crippen LogP contribution < -0.4 is 14.9 Å². The van der Waals surface area contributed by atoms with Gasteiger partial charge in [-0.25, -0.2) is 10.2 Å². The first-order chi connectivity index (χ1) is 15.0. The van der Waals surface area contributed by atoms with E-state index in [0.717, 1.165) is 9.13 Å². The molecule has 2 N–H and O–H groups in total. The van der Waals surface area contributed by atoms with Crippen molar-refractivity contribution in [1.29, 1.82) is 0 Å². The van der Waals surface area contributed by atoms with Gasteiger partial charge in [-0.15, -0.1) is 0 Å². The van der Waals surface area contributed by atoms with Gasteiger partial charge in [0.1, 0.15) is 18.1 Å². The largest absolute Gasteiger partial charge is 0.488 e. The SMILES string of the molecule is O=C(COc1ccccc1I)N/N=C/c1ccccc1OCc1ccc(C(=O)O)cc1. The quantitative estimate of drug-likeness (QED) is 0.247. The maximum atomic E-state index is 12.0. The molecular formula is C23H19IN2O5. The molecule has 8 heteroatoms. The van der Waals surface area contributed by atoms with Crippen LogP contribution in [0.1, 0.15) is 21.5 Å². The van der Waals surface area contributed by atoms with Gasteiger partial charge in [-0.3, -0.25) is 4.79 Å². The number of carbonyl (C=O) groups is 2. The Hall–Kier alpha value is -3.40. The normalized spacial score (nSPS) is 10.6. The number of carboxylic acids is 1. The summed E-state index contributed by atoms with van der Waals surface area (Å²) in [5.41, 5.74) is 4.17. The highest BCUT2D eigenvalue weighted by atomic mass is 127. The van der Waals surface area contributed by atoms with Crippen molar-refractivity contribution in [2.75, 3.05) is 6.61 Å². The van der Waals surface area contributed by atoms with Gasteiger partial charge in [-0.1, -0.05) is 36.4 Å². The van der Waals surface area contributed by atoms with Gasteiger partial charge in [0.15, 0.2) is 6.61 Å². The number of rotatable bonds is 9. The Morgan fingerprint density at radius 3 is 2.32 bits per heavy atom. The molecule has 0 saturated heterocycles.